The summed E-state index contributed by atoms with van der Waals surface area (Å²) in [4.78, 5) is 12.5. The van der Waals surface area contributed by atoms with Crippen molar-refractivity contribution >= 4 is 5.97 Å². The van der Waals surface area contributed by atoms with Crippen LogP contribution in [0.5, 0.6) is 0 Å². The number of rotatable bonds is 5. The molecule has 0 heterocycles. The van der Waals surface area contributed by atoms with Crippen molar-refractivity contribution in [1.82, 2.24) is 5.32 Å². The number of esters is 1. The highest BCUT2D eigenvalue weighted by Crippen LogP contribution is 2.34. The Morgan fingerprint density at radius 2 is 1.89 bits per heavy atom. The minimum atomic E-state index is -0.613. The molecule has 0 bridgehead atoms. The first-order valence-corrected chi connectivity index (χ1v) is 7.70. The molecule has 0 spiro atoms. The summed E-state index contributed by atoms with van der Waals surface area (Å²) in [6, 6.07) is 0.445. The number of carbonyl (C=O) groups excluding carboxylic acids is 1. The molecule has 2 saturated carbocycles. The molecule has 0 aromatic rings. The van der Waals surface area contributed by atoms with Gasteiger partial charge in [0.15, 0.2) is 0 Å². The van der Waals surface area contributed by atoms with Crippen LogP contribution in [0.4, 0.5) is 0 Å². The predicted octanol–water partition coefficient (Wildman–Crippen LogP) is 2.41. The van der Waals surface area contributed by atoms with E-state index >= 15 is 0 Å². The van der Waals surface area contributed by atoms with E-state index in [-0.39, 0.29) is 12.1 Å². The Bertz CT molecular complexity index is 302. The van der Waals surface area contributed by atoms with Gasteiger partial charge in [-0.05, 0) is 32.6 Å². The maximum Gasteiger partial charge on any atom is 0.329 e. The van der Waals surface area contributed by atoms with Gasteiger partial charge in [-0.3, -0.25) is 5.32 Å². The minimum Gasteiger partial charge on any atom is -0.465 e. The lowest BCUT2D eigenvalue weighted by Gasteiger charge is -2.43. The number of carbonyl (C=O) groups is 1. The summed E-state index contributed by atoms with van der Waals surface area (Å²) in [6.07, 6.45) is 8.76. The first kappa shape index (κ1) is 14.8. The van der Waals surface area contributed by atoms with Crippen LogP contribution in [-0.2, 0) is 14.3 Å². The van der Waals surface area contributed by atoms with E-state index in [1.807, 2.05) is 6.92 Å². The van der Waals surface area contributed by atoms with Crippen LogP contribution in [0.1, 0.15) is 58.3 Å². The number of ether oxygens (including phenoxy) is 2. The Morgan fingerprint density at radius 1 is 1.21 bits per heavy atom. The maximum absolute atomic E-state index is 12.5. The van der Waals surface area contributed by atoms with Crippen LogP contribution in [0.25, 0.3) is 0 Å². The summed E-state index contributed by atoms with van der Waals surface area (Å²) in [6.45, 7) is 2.30. The molecule has 2 aliphatic carbocycles. The summed E-state index contributed by atoms with van der Waals surface area (Å²) in [7, 11) is 1.71. The average molecular weight is 269 g/mol. The zero-order valence-corrected chi connectivity index (χ0v) is 12.2. The number of hydrogen-bond donors (Lipinski definition) is 1. The van der Waals surface area contributed by atoms with Crippen LogP contribution < -0.4 is 5.32 Å². The van der Waals surface area contributed by atoms with E-state index in [2.05, 4.69) is 5.32 Å². The van der Waals surface area contributed by atoms with E-state index in [0.717, 1.165) is 38.5 Å². The molecule has 2 aliphatic rings. The molecular weight excluding hydrogens is 242 g/mol. The molecular formula is C15H27NO3. The Labute approximate surface area is 116 Å². The Hall–Kier alpha value is -0.610. The summed E-state index contributed by atoms with van der Waals surface area (Å²) in [5, 5.41) is 3.62. The highest BCUT2D eigenvalue weighted by molar-refractivity contribution is 5.82. The van der Waals surface area contributed by atoms with Crippen LogP contribution >= 0.6 is 0 Å². The van der Waals surface area contributed by atoms with E-state index in [1.54, 1.807) is 7.11 Å². The van der Waals surface area contributed by atoms with Crippen molar-refractivity contribution in [2.75, 3.05) is 13.7 Å². The van der Waals surface area contributed by atoms with Gasteiger partial charge in [-0.25, -0.2) is 4.79 Å². The molecule has 0 aromatic carbocycles. The molecule has 110 valence electrons. The second-order valence-electron chi connectivity index (χ2n) is 5.79. The molecule has 2 atom stereocenters. The lowest BCUT2D eigenvalue weighted by atomic mass is 9.78. The van der Waals surface area contributed by atoms with Crippen molar-refractivity contribution < 1.29 is 14.3 Å². The van der Waals surface area contributed by atoms with Crippen LogP contribution in [0.2, 0.25) is 0 Å². The largest absolute Gasteiger partial charge is 0.465 e. The maximum atomic E-state index is 12.5. The molecule has 4 heteroatoms. The zero-order valence-electron chi connectivity index (χ0n) is 12.2. The highest BCUT2D eigenvalue weighted by atomic mass is 16.5. The molecule has 0 saturated heterocycles. The van der Waals surface area contributed by atoms with Gasteiger partial charge >= 0.3 is 5.97 Å². The standard InChI is InChI=1S/C15H27NO3/c1-3-19-14(17)15(16-12-8-4-5-9-12)11-7-6-10-13(15)18-2/h12-13,16H,3-11H2,1-2H3. The Kier molecular flexibility index (Phi) is 5.22. The fraction of sp³-hybridized carbons (Fsp3) is 0.933. The number of nitrogens with one attached hydrogen (secondary N) is 1. The van der Waals surface area contributed by atoms with Crippen LogP contribution in [-0.4, -0.2) is 37.4 Å². The second kappa shape index (κ2) is 6.71. The van der Waals surface area contributed by atoms with Crippen molar-refractivity contribution in [2.24, 2.45) is 0 Å². The third-order valence-electron chi connectivity index (χ3n) is 4.58. The van der Waals surface area contributed by atoms with Gasteiger partial charge in [-0.2, -0.15) is 0 Å². The van der Waals surface area contributed by atoms with Gasteiger partial charge in [0.05, 0.1) is 12.7 Å². The molecule has 4 nitrogen and oxygen atoms in total. The van der Waals surface area contributed by atoms with Crippen molar-refractivity contribution in [3.8, 4) is 0 Å². The highest BCUT2D eigenvalue weighted by Gasteiger charge is 2.49. The third-order valence-corrected chi connectivity index (χ3v) is 4.58. The summed E-state index contributed by atoms with van der Waals surface area (Å²) < 4.78 is 11.0. The monoisotopic (exact) mass is 269 g/mol. The molecule has 19 heavy (non-hydrogen) atoms. The predicted molar refractivity (Wildman–Crippen MR) is 74.0 cm³/mol. The number of hydrogen-bond acceptors (Lipinski definition) is 4. The van der Waals surface area contributed by atoms with E-state index in [4.69, 9.17) is 9.47 Å². The average Bonchev–Trinajstić information content (AvgIpc) is 2.92. The topological polar surface area (TPSA) is 47.6 Å². The van der Waals surface area contributed by atoms with Crippen molar-refractivity contribution in [2.45, 2.75) is 76.0 Å². The zero-order chi connectivity index (χ0) is 13.7. The van der Waals surface area contributed by atoms with E-state index in [1.165, 1.54) is 12.8 Å². The molecule has 0 amide bonds. The fourth-order valence-corrected chi connectivity index (χ4v) is 3.61. The summed E-state index contributed by atoms with van der Waals surface area (Å²) in [5.41, 5.74) is -0.613. The quantitative estimate of drug-likeness (QED) is 0.779. The second-order valence-corrected chi connectivity index (χ2v) is 5.79. The van der Waals surface area contributed by atoms with Crippen molar-refractivity contribution in [1.29, 1.82) is 0 Å². The fourth-order valence-electron chi connectivity index (χ4n) is 3.61. The Morgan fingerprint density at radius 3 is 2.53 bits per heavy atom. The van der Waals surface area contributed by atoms with Gasteiger partial charge in [-0.15, -0.1) is 0 Å². The molecule has 1 N–H and O–H groups in total. The van der Waals surface area contributed by atoms with Crippen molar-refractivity contribution in [3.05, 3.63) is 0 Å². The lowest BCUT2D eigenvalue weighted by molar-refractivity contribution is -0.161. The molecule has 2 fully saturated rings. The molecule has 0 aliphatic heterocycles. The van der Waals surface area contributed by atoms with Gasteiger partial charge in [0.2, 0.25) is 0 Å². The van der Waals surface area contributed by atoms with Gasteiger partial charge in [0.1, 0.15) is 5.54 Å². The van der Waals surface area contributed by atoms with Gasteiger partial charge < -0.3 is 9.47 Å². The molecule has 0 radical (unpaired) electrons. The van der Waals surface area contributed by atoms with Crippen molar-refractivity contribution in [3.63, 3.8) is 0 Å². The molecule has 0 aromatic heterocycles. The molecule has 2 unspecified atom stereocenters. The molecule has 2 rings (SSSR count). The summed E-state index contributed by atoms with van der Waals surface area (Å²) in [5.74, 6) is -0.117. The lowest BCUT2D eigenvalue weighted by Crippen LogP contribution is -2.64. The smallest absolute Gasteiger partial charge is 0.329 e. The van der Waals surface area contributed by atoms with Crippen LogP contribution in [0.3, 0.4) is 0 Å². The van der Waals surface area contributed by atoms with Gasteiger partial charge in [0.25, 0.3) is 0 Å². The third kappa shape index (κ3) is 3.11. The first-order chi connectivity index (χ1) is 9.23. The summed E-state index contributed by atoms with van der Waals surface area (Å²) >= 11 is 0. The number of methoxy groups -OCH3 is 1. The first-order valence-electron chi connectivity index (χ1n) is 7.70. The van der Waals surface area contributed by atoms with Crippen LogP contribution in [0, 0.1) is 0 Å². The van der Waals surface area contributed by atoms with E-state index in [0.29, 0.717) is 12.6 Å². The Balaban J connectivity index is 2.16. The van der Waals surface area contributed by atoms with Crippen LogP contribution in [0.15, 0.2) is 0 Å². The SMILES string of the molecule is CCOC(=O)C1(NC2CCCC2)CCCCC1OC. The van der Waals surface area contributed by atoms with Gasteiger partial charge in [0, 0.05) is 13.2 Å². The van der Waals surface area contributed by atoms with E-state index in [9.17, 15) is 4.79 Å². The van der Waals surface area contributed by atoms with Gasteiger partial charge in [-0.1, -0.05) is 25.7 Å². The normalized spacial score (nSPS) is 32.4. The minimum absolute atomic E-state index is 0.0547. The van der Waals surface area contributed by atoms with E-state index < -0.39 is 5.54 Å².